The summed E-state index contributed by atoms with van der Waals surface area (Å²) in [5.74, 6) is 0.651. The fraction of sp³-hybridized carbons (Fsp3) is 0.276. The van der Waals surface area contributed by atoms with Crippen molar-refractivity contribution in [1.29, 1.82) is 0 Å². The summed E-state index contributed by atoms with van der Waals surface area (Å²) in [4.78, 5) is 19.0. The Hall–Kier alpha value is -3.62. The van der Waals surface area contributed by atoms with Gasteiger partial charge >= 0.3 is 0 Å². The molecule has 196 valence electrons. The molecule has 5 rings (SSSR count). The molecule has 0 radical (unpaired) electrons. The van der Waals surface area contributed by atoms with E-state index in [1.807, 2.05) is 62.4 Å². The van der Waals surface area contributed by atoms with Gasteiger partial charge in [0.2, 0.25) is 5.91 Å². The SMILES string of the molecule is Cc1cc([C@H]2[C@@H](c3ccccn3)NC(=S)N2c2ccc(NC(=O)C(C)C)c(Cl)c2)c(C)n1Cc1ccco1. The average molecular weight is 548 g/mol. The number of amides is 1. The van der Waals surface area contributed by atoms with Crippen molar-refractivity contribution in [2.45, 2.75) is 46.3 Å². The maximum Gasteiger partial charge on any atom is 0.226 e. The van der Waals surface area contributed by atoms with Crippen LogP contribution in [0.4, 0.5) is 11.4 Å². The number of nitrogens with zero attached hydrogens (tertiary/aromatic N) is 3. The number of thiocarbonyl (C=S) groups is 1. The van der Waals surface area contributed by atoms with Gasteiger partial charge in [-0.25, -0.2) is 0 Å². The predicted molar refractivity (Wildman–Crippen MR) is 155 cm³/mol. The van der Waals surface area contributed by atoms with Gasteiger partial charge in [0.25, 0.3) is 0 Å². The van der Waals surface area contributed by atoms with Crippen LogP contribution in [0.1, 0.15) is 54.3 Å². The second kappa shape index (κ2) is 10.6. The molecule has 38 heavy (non-hydrogen) atoms. The third kappa shape index (κ3) is 4.93. The number of benzene rings is 1. The van der Waals surface area contributed by atoms with Gasteiger partial charge in [-0.2, -0.15) is 0 Å². The highest BCUT2D eigenvalue weighted by molar-refractivity contribution is 7.80. The van der Waals surface area contributed by atoms with Crippen molar-refractivity contribution in [2.75, 3.05) is 10.2 Å². The van der Waals surface area contributed by atoms with Gasteiger partial charge in [0, 0.05) is 29.2 Å². The fourth-order valence-electron chi connectivity index (χ4n) is 4.91. The molecule has 1 fully saturated rings. The van der Waals surface area contributed by atoms with E-state index in [4.69, 9.17) is 28.2 Å². The third-order valence-electron chi connectivity index (χ3n) is 6.94. The van der Waals surface area contributed by atoms with Crippen LogP contribution in [0.25, 0.3) is 0 Å². The summed E-state index contributed by atoms with van der Waals surface area (Å²) in [7, 11) is 0. The van der Waals surface area contributed by atoms with Crippen molar-refractivity contribution in [3.63, 3.8) is 0 Å². The van der Waals surface area contributed by atoms with Gasteiger partial charge in [0.05, 0.1) is 41.3 Å². The quantitative estimate of drug-likeness (QED) is 0.255. The number of aromatic nitrogens is 2. The summed E-state index contributed by atoms with van der Waals surface area (Å²) in [5, 5.41) is 7.43. The Labute approximate surface area is 232 Å². The normalized spacial score (nSPS) is 17.2. The third-order valence-corrected chi connectivity index (χ3v) is 7.56. The molecule has 7 nitrogen and oxygen atoms in total. The molecule has 0 unspecified atom stereocenters. The minimum atomic E-state index is -0.180. The first kappa shape index (κ1) is 26.0. The lowest BCUT2D eigenvalue weighted by molar-refractivity contribution is -0.118. The maximum absolute atomic E-state index is 12.3. The van der Waals surface area contributed by atoms with Crippen LogP contribution in [0.5, 0.6) is 0 Å². The molecule has 0 spiro atoms. The molecular weight excluding hydrogens is 518 g/mol. The first-order chi connectivity index (χ1) is 18.2. The van der Waals surface area contributed by atoms with E-state index in [-0.39, 0.29) is 23.9 Å². The number of hydrogen-bond acceptors (Lipinski definition) is 4. The second-order valence-electron chi connectivity index (χ2n) is 9.80. The van der Waals surface area contributed by atoms with Crippen molar-refractivity contribution in [3.05, 3.63) is 100 Å². The predicted octanol–water partition coefficient (Wildman–Crippen LogP) is 6.57. The molecule has 0 bridgehead atoms. The van der Waals surface area contributed by atoms with Gasteiger partial charge in [-0.15, -0.1) is 0 Å². The average Bonchev–Trinajstić information content (AvgIpc) is 3.60. The molecule has 2 N–H and O–H groups in total. The fourth-order valence-corrected chi connectivity index (χ4v) is 5.48. The summed E-state index contributed by atoms with van der Waals surface area (Å²) < 4.78 is 7.88. The Morgan fingerprint density at radius 2 is 2.00 bits per heavy atom. The van der Waals surface area contributed by atoms with Crippen molar-refractivity contribution < 1.29 is 9.21 Å². The number of aryl methyl sites for hydroxylation is 1. The Balaban J connectivity index is 1.58. The molecule has 0 aliphatic carbocycles. The van der Waals surface area contributed by atoms with Crippen LogP contribution < -0.4 is 15.5 Å². The number of pyridine rings is 1. The van der Waals surface area contributed by atoms with E-state index in [2.05, 4.69) is 45.0 Å². The zero-order chi connectivity index (χ0) is 27.0. The minimum absolute atomic E-state index is 0.0879. The Morgan fingerprint density at radius 3 is 2.66 bits per heavy atom. The number of rotatable bonds is 7. The number of hydrogen-bond donors (Lipinski definition) is 2. The van der Waals surface area contributed by atoms with Crippen molar-refractivity contribution in [1.82, 2.24) is 14.9 Å². The topological polar surface area (TPSA) is 75.3 Å². The van der Waals surface area contributed by atoms with Crippen molar-refractivity contribution in [2.24, 2.45) is 5.92 Å². The first-order valence-electron chi connectivity index (χ1n) is 12.5. The smallest absolute Gasteiger partial charge is 0.226 e. The van der Waals surface area contributed by atoms with E-state index in [1.54, 1.807) is 12.5 Å². The number of furan rings is 1. The molecule has 1 amide bonds. The van der Waals surface area contributed by atoms with Crippen LogP contribution in [-0.2, 0) is 11.3 Å². The van der Waals surface area contributed by atoms with E-state index in [0.717, 1.165) is 34.1 Å². The van der Waals surface area contributed by atoms with Crippen LogP contribution in [-0.4, -0.2) is 20.6 Å². The van der Waals surface area contributed by atoms with Crippen LogP contribution in [0, 0.1) is 19.8 Å². The Bertz CT molecular complexity index is 1470. The highest BCUT2D eigenvalue weighted by Gasteiger charge is 2.42. The standard InChI is InChI=1S/C29H30ClN5O2S/c1-17(2)28(36)32-24-11-10-20(15-23(24)30)35-27(26(33-29(35)38)25-9-5-6-12-31-25)22-14-18(3)34(19(22)4)16-21-8-7-13-37-21/h5-15,17,26-27H,16H2,1-4H3,(H,32,36)(H,33,38)/t26-,27+/m1/s1. The largest absolute Gasteiger partial charge is 0.467 e. The van der Waals surface area contributed by atoms with E-state index in [9.17, 15) is 4.79 Å². The van der Waals surface area contributed by atoms with E-state index < -0.39 is 0 Å². The van der Waals surface area contributed by atoms with Gasteiger partial charge in [-0.3, -0.25) is 9.78 Å². The van der Waals surface area contributed by atoms with Gasteiger partial charge < -0.3 is 24.5 Å². The lowest BCUT2D eigenvalue weighted by atomic mass is 9.96. The van der Waals surface area contributed by atoms with E-state index in [0.29, 0.717) is 22.4 Å². The second-order valence-corrected chi connectivity index (χ2v) is 10.6. The molecule has 0 saturated carbocycles. The highest BCUT2D eigenvalue weighted by Crippen LogP contribution is 2.44. The first-order valence-corrected chi connectivity index (χ1v) is 13.3. The summed E-state index contributed by atoms with van der Waals surface area (Å²) in [6, 6.07) is 17.2. The summed E-state index contributed by atoms with van der Waals surface area (Å²) in [5.41, 5.74) is 5.66. The zero-order valence-electron chi connectivity index (χ0n) is 21.7. The number of carbonyl (C=O) groups is 1. The molecule has 4 heterocycles. The molecule has 2 atom stereocenters. The van der Waals surface area contributed by atoms with Crippen LogP contribution in [0.3, 0.4) is 0 Å². The van der Waals surface area contributed by atoms with E-state index >= 15 is 0 Å². The van der Waals surface area contributed by atoms with Gasteiger partial charge in [-0.05, 0) is 80.2 Å². The van der Waals surface area contributed by atoms with Gasteiger partial charge in [-0.1, -0.05) is 31.5 Å². The minimum Gasteiger partial charge on any atom is -0.467 e. The number of halogens is 1. The molecule has 4 aromatic rings. The van der Waals surface area contributed by atoms with Crippen molar-refractivity contribution in [3.8, 4) is 0 Å². The number of nitrogens with one attached hydrogen (secondary N) is 2. The highest BCUT2D eigenvalue weighted by atomic mass is 35.5. The molecule has 1 aromatic carbocycles. The van der Waals surface area contributed by atoms with Gasteiger partial charge in [0.1, 0.15) is 5.76 Å². The monoisotopic (exact) mass is 547 g/mol. The number of carbonyl (C=O) groups excluding carboxylic acids is 1. The molecule has 3 aromatic heterocycles. The summed E-state index contributed by atoms with van der Waals surface area (Å²) in [6.45, 7) is 8.55. The zero-order valence-corrected chi connectivity index (χ0v) is 23.3. The summed E-state index contributed by atoms with van der Waals surface area (Å²) >= 11 is 12.5. The van der Waals surface area contributed by atoms with Gasteiger partial charge in [0.15, 0.2) is 5.11 Å². The molecule has 9 heteroatoms. The molecular formula is C29H30ClN5O2S. The lowest BCUT2D eigenvalue weighted by Crippen LogP contribution is -2.29. The molecule has 1 aliphatic heterocycles. The summed E-state index contributed by atoms with van der Waals surface area (Å²) in [6.07, 6.45) is 3.49. The maximum atomic E-state index is 12.3. The Morgan fingerprint density at radius 1 is 1.18 bits per heavy atom. The van der Waals surface area contributed by atoms with Crippen molar-refractivity contribution >= 4 is 46.2 Å². The molecule has 1 saturated heterocycles. The van der Waals surface area contributed by atoms with Crippen LogP contribution in [0.15, 0.2) is 71.5 Å². The molecule has 1 aliphatic rings. The van der Waals surface area contributed by atoms with Crippen LogP contribution >= 0.6 is 23.8 Å². The van der Waals surface area contributed by atoms with Crippen LogP contribution in [0.2, 0.25) is 5.02 Å². The van der Waals surface area contributed by atoms with E-state index in [1.165, 1.54) is 0 Å². The number of anilines is 2. The lowest BCUT2D eigenvalue weighted by Gasteiger charge is -2.28. The Kier molecular flexibility index (Phi) is 7.27.